The van der Waals surface area contributed by atoms with Gasteiger partial charge in [0.25, 0.3) is 0 Å². The Labute approximate surface area is 135 Å². The number of thioether (sulfide) groups is 1. The number of benzene rings is 1. The molecule has 1 heterocycles. The summed E-state index contributed by atoms with van der Waals surface area (Å²) in [5, 5.41) is 4.92. The van der Waals surface area contributed by atoms with Gasteiger partial charge in [-0.05, 0) is 42.0 Å². The molecule has 112 valence electrons. The minimum Gasteiger partial charge on any atom is -0.350 e. The molecule has 0 aliphatic rings. The average Bonchev–Trinajstić information content (AvgIpc) is 2.98. The minimum absolute atomic E-state index is 0.0846. The molecule has 1 amide bonds. The van der Waals surface area contributed by atoms with E-state index in [1.54, 1.807) is 23.1 Å². The zero-order chi connectivity index (χ0) is 15.2. The smallest absolute Gasteiger partial charge is 0.233 e. The van der Waals surface area contributed by atoms with Crippen LogP contribution in [0.15, 0.2) is 46.7 Å². The summed E-state index contributed by atoms with van der Waals surface area (Å²) in [5.41, 5.74) is 1.33. The number of carbonyl (C=O) groups is 1. The monoisotopic (exact) mass is 319 g/mol. The Bertz CT molecular complexity index is 561. The van der Waals surface area contributed by atoms with Crippen molar-refractivity contribution < 1.29 is 4.79 Å². The number of amides is 1. The molecule has 1 atom stereocenters. The fraction of sp³-hybridized carbons (Fsp3) is 0.353. The van der Waals surface area contributed by atoms with Crippen LogP contribution in [-0.2, 0) is 11.3 Å². The van der Waals surface area contributed by atoms with Gasteiger partial charge in [-0.3, -0.25) is 4.79 Å². The molecular formula is C17H21NOS2. The van der Waals surface area contributed by atoms with Gasteiger partial charge in [0, 0.05) is 9.77 Å². The Morgan fingerprint density at radius 2 is 1.90 bits per heavy atom. The predicted octanol–water partition coefficient (Wildman–Crippen LogP) is 4.67. The molecule has 0 aliphatic carbocycles. The normalized spacial score (nSPS) is 12.4. The Balaban J connectivity index is 1.85. The van der Waals surface area contributed by atoms with Gasteiger partial charge in [0.2, 0.25) is 5.91 Å². The van der Waals surface area contributed by atoms with Crippen LogP contribution in [0.5, 0.6) is 0 Å². The van der Waals surface area contributed by atoms with Gasteiger partial charge in [-0.25, -0.2) is 0 Å². The maximum Gasteiger partial charge on any atom is 0.233 e. The van der Waals surface area contributed by atoms with Crippen molar-refractivity contribution in [2.45, 2.75) is 43.4 Å². The Morgan fingerprint density at radius 3 is 2.48 bits per heavy atom. The molecule has 2 aromatic rings. The molecule has 0 fully saturated rings. The van der Waals surface area contributed by atoms with E-state index in [0.29, 0.717) is 12.5 Å². The highest BCUT2D eigenvalue weighted by Gasteiger charge is 2.14. The number of hydrogen-bond acceptors (Lipinski definition) is 3. The van der Waals surface area contributed by atoms with E-state index in [4.69, 9.17) is 0 Å². The van der Waals surface area contributed by atoms with Crippen LogP contribution < -0.4 is 5.32 Å². The van der Waals surface area contributed by atoms with Crippen molar-refractivity contribution in [3.05, 3.63) is 52.2 Å². The first kappa shape index (κ1) is 16.1. The highest BCUT2D eigenvalue weighted by molar-refractivity contribution is 8.00. The first-order valence-corrected chi connectivity index (χ1v) is 8.89. The lowest BCUT2D eigenvalue weighted by molar-refractivity contribution is -0.120. The topological polar surface area (TPSA) is 29.1 Å². The van der Waals surface area contributed by atoms with E-state index in [1.807, 2.05) is 24.4 Å². The summed E-state index contributed by atoms with van der Waals surface area (Å²) in [6.45, 7) is 6.93. The molecule has 2 rings (SSSR count). The minimum atomic E-state index is -0.0881. The first-order chi connectivity index (χ1) is 10.1. The van der Waals surface area contributed by atoms with Crippen molar-refractivity contribution in [1.82, 2.24) is 5.32 Å². The van der Waals surface area contributed by atoms with E-state index >= 15 is 0 Å². The third-order valence-electron chi connectivity index (χ3n) is 3.25. The molecule has 1 aromatic heterocycles. The van der Waals surface area contributed by atoms with E-state index in [-0.39, 0.29) is 11.2 Å². The molecule has 0 radical (unpaired) electrons. The maximum atomic E-state index is 12.1. The van der Waals surface area contributed by atoms with Gasteiger partial charge >= 0.3 is 0 Å². The van der Waals surface area contributed by atoms with Crippen molar-refractivity contribution in [3.8, 4) is 0 Å². The fourth-order valence-corrected chi connectivity index (χ4v) is 3.46. The van der Waals surface area contributed by atoms with Crippen molar-refractivity contribution >= 4 is 29.0 Å². The van der Waals surface area contributed by atoms with Crippen molar-refractivity contribution in [3.63, 3.8) is 0 Å². The molecule has 0 spiro atoms. The first-order valence-electron chi connectivity index (χ1n) is 7.13. The van der Waals surface area contributed by atoms with Crippen LogP contribution in [0.2, 0.25) is 0 Å². The lowest BCUT2D eigenvalue weighted by Crippen LogP contribution is -2.30. The predicted molar refractivity (Wildman–Crippen MR) is 92.0 cm³/mol. The summed E-state index contributed by atoms with van der Waals surface area (Å²) >= 11 is 3.26. The van der Waals surface area contributed by atoms with Gasteiger partial charge in [-0.15, -0.1) is 23.1 Å². The lowest BCUT2D eigenvalue weighted by atomic mass is 10.0. The molecule has 0 aliphatic heterocycles. The maximum absolute atomic E-state index is 12.1. The molecule has 0 saturated heterocycles. The van der Waals surface area contributed by atoms with Gasteiger partial charge in [0.05, 0.1) is 11.8 Å². The summed E-state index contributed by atoms with van der Waals surface area (Å²) in [5.74, 6) is 0.622. The molecule has 4 heteroatoms. The molecule has 0 saturated carbocycles. The fourth-order valence-electron chi connectivity index (χ4n) is 1.92. The molecule has 21 heavy (non-hydrogen) atoms. The van der Waals surface area contributed by atoms with E-state index in [0.717, 1.165) is 4.90 Å². The van der Waals surface area contributed by atoms with Gasteiger partial charge < -0.3 is 5.32 Å². The highest BCUT2D eigenvalue weighted by Crippen LogP contribution is 2.25. The number of hydrogen-bond donors (Lipinski definition) is 1. The van der Waals surface area contributed by atoms with E-state index in [2.05, 4.69) is 43.4 Å². The summed E-state index contributed by atoms with van der Waals surface area (Å²) in [4.78, 5) is 14.4. The van der Waals surface area contributed by atoms with Gasteiger partial charge in [0.1, 0.15) is 0 Å². The largest absolute Gasteiger partial charge is 0.350 e. The van der Waals surface area contributed by atoms with Crippen LogP contribution in [0.25, 0.3) is 0 Å². The van der Waals surface area contributed by atoms with Crippen molar-refractivity contribution in [2.75, 3.05) is 0 Å². The second-order valence-corrected chi connectivity index (χ2v) is 7.73. The van der Waals surface area contributed by atoms with Crippen LogP contribution >= 0.6 is 23.1 Å². The number of carbonyl (C=O) groups excluding carboxylic acids is 1. The second kappa shape index (κ2) is 7.66. The van der Waals surface area contributed by atoms with E-state index in [9.17, 15) is 4.79 Å². The average molecular weight is 319 g/mol. The van der Waals surface area contributed by atoms with Crippen LogP contribution in [0.4, 0.5) is 0 Å². The Kier molecular flexibility index (Phi) is 5.88. The SMILES string of the molecule is CC(C)c1ccc(S[C@H](C)C(=O)NCc2cccs2)cc1. The number of rotatable bonds is 6. The van der Waals surface area contributed by atoms with Gasteiger partial charge in [-0.1, -0.05) is 32.0 Å². The van der Waals surface area contributed by atoms with Gasteiger partial charge in [-0.2, -0.15) is 0 Å². The summed E-state index contributed by atoms with van der Waals surface area (Å²) in [7, 11) is 0. The zero-order valence-electron chi connectivity index (χ0n) is 12.6. The number of nitrogens with one attached hydrogen (secondary N) is 1. The molecular weight excluding hydrogens is 298 g/mol. The molecule has 0 unspecified atom stereocenters. The highest BCUT2D eigenvalue weighted by atomic mass is 32.2. The van der Waals surface area contributed by atoms with Crippen molar-refractivity contribution in [2.24, 2.45) is 0 Å². The van der Waals surface area contributed by atoms with Crippen LogP contribution in [-0.4, -0.2) is 11.2 Å². The van der Waals surface area contributed by atoms with E-state index in [1.165, 1.54) is 10.4 Å². The van der Waals surface area contributed by atoms with E-state index < -0.39 is 0 Å². The summed E-state index contributed by atoms with van der Waals surface area (Å²) in [6.07, 6.45) is 0. The van der Waals surface area contributed by atoms with Crippen LogP contribution in [0.1, 0.15) is 37.1 Å². The van der Waals surface area contributed by atoms with Crippen molar-refractivity contribution in [1.29, 1.82) is 0 Å². The molecule has 1 aromatic carbocycles. The van der Waals surface area contributed by atoms with Crippen LogP contribution in [0, 0.1) is 0 Å². The third kappa shape index (κ3) is 4.90. The zero-order valence-corrected chi connectivity index (χ0v) is 14.3. The second-order valence-electron chi connectivity index (χ2n) is 5.28. The number of thiophene rings is 1. The molecule has 2 nitrogen and oxygen atoms in total. The Hall–Kier alpha value is -1.26. The lowest BCUT2D eigenvalue weighted by Gasteiger charge is -2.12. The standard InChI is InChI=1S/C17H21NOS2/c1-12(2)14-6-8-15(9-7-14)21-13(3)17(19)18-11-16-5-4-10-20-16/h4-10,12-13H,11H2,1-3H3,(H,18,19)/t13-/m1/s1. The van der Waals surface area contributed by atoms with Crippen LogP contribution in [0.3, 0.4) is 0 Å². The Morgan fingerprint density at radius 1 is 1.19 bits per heavy atom. The summed E-state index contributed by atoms with van der Waals surface area (Å²) in [6, 6.07) is 12.5. The summed E-state index contributed by atoms with van der Waals surface area (Å²) < 4.78 is 0. The van der Waals surface area contributed by atoms with Gasteiger partial charge in [0.15, 0.2) is 0 Å². The quantitative estimate of drug-likeness (QED) is 0.784. The molecule has 1 N–H and O–H groups in total. The molecule has 0 bridgehead atoms. The third-order valence-corrected chi connectivity index (χ3v) is 5.23.